The summed E-state index contributed by atoms with van der Waals surface area (Å²) in [6.45, 7) is 6.64. The van der Waals surface area contributed by atoms with Gasteiger partial charge < -0.3 is 5.32 Å². The van der Waals surface area contributed by atoms with Crippen LogP contribution in [0.5, 0.6) is 0 Å². The monoisotopic (exact) mass is 168 g/mol. The Morgan fingerprint density at radius 1 is 1.42 bits per heavy atom. The Balaban J connectivity index is 2.96. The maximum absolute atomic E-state index is 8.28. The molecular formula is C10H20N2. The summed E-state index contributed by atoms with van der Waals surface area (Å²) < 4.78 is 0. The summed E-state index contributed by atoms with van der Waals surface area (Å²) in [5.41, 5.74) is 0. The number of hydrogen-bond donors (Lipinski definition) is 1. The molecule has 0 aromatic heterocycles. The minimum Gasteiger partial charge on any atom is -0.316 e. The molecule has 0 bridgehead atoms. The van der Waals surface area contributed by atoms with Gasteiger partial charge in [-0.15, -0.1) is 0 Å². The lowest BCUT2D eigenvalue weighted by atomic mass is 10.1. The zero-order valence-electron chi connectivity index (χ0n) is 8.27. The topological polar surface area (TPSA) is 35.8 Å². The largest absolute Gasteiger partial charge is 0.316 e. The Hall–Kier alpha value is -0.550. The van der Waals surface area contributed by atoms with Crippen molar-refractivity contribution in [1.82, 2.24) is 5.32 Å². The first-order valence-electron chi connectivity index (χ1n) is 4.89. The van der Waals surface area contributed by atoms with Crippen molar-refractivity contribution in [1.29, 1.82) is 5.26 Å². The fraction of sp³-hybridized carbons (Fsp3) is 0.900. The molecule has 0 aromatic rings. The molecule has 2 nitrogen and oxygen atoms in total. The van der Waals surface area contributed by atoms with Gasteiger partial charge in [0.2, 0.25) is 0 Å². The fourth-order valence-corrected chi connectivity index (χ4v) is 0.947. The summed E-state index contributed by atoms with van der Waals surface area (Å²) in [5.74, 6) is 0.779. The molecule has 1 atom stereocenters. The van der Waals surface area contributed by atoms with Crippen molar-refractivity contribution >= 4 is 0 Å². The molecule has 2 heteroatoms. The van der Waals surface area contributed by atoms with Crippen molar-refractivity contribution < 1.29 is 0 Å². The molecule has 0 amide bonds. The van der Waals surface area contributed by atoms with Crippen LogP contribution in [0, 0.1) is 17.2 Å². The van der Waals surface area contributed by atoms with E-state index in [4.69, 9.17) is 5.26 Å². The van der Waals surface area contributed by atoms with Gasteiger partial charge in [-0.05, 0) is 31.8 Å². The highest BCUT2D eigenvalue weighted by molar-refractivity contribution is 4.68. The van der Waals surface area contributed by atoms with Gasteiger partial charge in [-0.2, -0.15) is 5.26 Å². The molecule has 12 heavy (non-hydrogen) atoms. The Morgan fingerprint density at radius 2 is 2.17 bits per heavy atom. The molecule has 0 spiro atoms. The maximum Gasteiger partial charge on any atom is 0.0621 e. The van der Waals surface area contributed by atoms with Crippen LogP contribution >= 0.6 is 0 Å². The summed E-state index contributed by atoms with van der Waals surface area (Å²) in [6.07, 6.45) is 4.10. The lowest BCUT2D eigenvalue weighted by Crippen LogP contribution is -2.21. The summed E-state index contributed by atoms with van der Waals surface area (Å²) in [6, 6.07) is 2.15. The zero-order valence-corrected chi connectivity index (χ0v) is 8.27. The predicted molar refractivity (Wildman–Crippen MR) is 51.8 cm³/mol. The summed E-state index contributed by atoms with van der Waals surface area (Å²) in [4.78, 5) is 0. The Morgan fingerprint density at radius 3 is 2.75 bits per heavy atom. The molecule has 0 rings (SSSR count). The minimum atomic E-state index is 0.699. The molecule has 1 N–H and O–H groups in total. The van der Waals surface area contributed by atoms with Crippen molar-refractivity contribution in [3.8, 4) is 6.07 Å². The molecule has 0 aromatic carbocycles. The van der Waals surface area contributed by atoms with E-state index in [-0.39, 0.29) is 0 Å². The predicted octanol–water partition coefficient (Wildman–Crippen LogP) is 2.32. The van der Waals surface area contributed by atoms with Gasteiger partial charge in [0.05, 0.1) is 6.07 Å². The number of unbranched alkanes of at least 4 members (excludes halogenated alkanes) is 2. The van der Waals surface area contributed by atoms with Crippen LogP contribution in [0.15, 0.2) is 0 Å². The van der Waals surface area contributed by atoms with Crippen LogP contribution in [0.25, 0.3) is 0 Å². The van der Waals surface area contributed by atoms with Crippen molar-refractivity contribution in [2.45, 2.75) is 39.5 Å². The second-order valence-corrected chi connectivity index (χ2v) is 3.33. The van der Waals surface area contributed by atoms with Gasteiger partial charge in [-0.3, -0.25) is 0 Å². The second-order valence-electron chi connectivity index (χ2n) is 3.33. The van der Waals surface area contributed by atoms with Crippen molar-refractivity contribution in [3.05, 3.63) is 0 Å². The van der Waals surface area contributed by atoms with Crippen molar-refractivity contribution in [2.75, 3.05) is 13.1 Å². The summed E-state index contributed by atoms with van der Waals surface area (Å²) in [7, 11) is 0. The molecule has 70 valence electrons. The molecule has 0 heterocycles. The van der Waals surface area contributed by atoms with Crippen LogP contribution in [0.2, 0.25) is 0 Å². The first-order chi connectivity index (χ1) is 5.81. The van der Waals surface area contributed by atoms with E-state index in [1.54, 1.807) is 0 Å². The number of nitrogens with one attached hydrogen (secondary N) is 1. The standard InChI is InChI=1S/C10H20N2/c1-3-10(2)9-12-8-6-4-5-7-11/h10,12H,3-6,8-9H2,1-2H3. The maximum atomic E-state index is 8.28. The van der Waals surface area contributed by atoms with Gasteiger partial charge >= 0.3 is 0 Å². The highest BCUT2D eigenvalue weighted by Crippen LogP contribution is 1.97. The average Bonchev–Trinajstić information content (AvgIpc) is 2.10. The van der Waals surface area contributed by atoms with Crippen LogP contribution in [0.3, 0.4) is 0 Å². The van der Waals surface area contributed by atoms with Crippen LogP contribution in [-0.2, 0) is 0 Å². The molecular weight excluding hydrogens is 148 g/mol. The van der Waals surface area contributed by atoms with Gasteiger partial charge in [-0.25, -0.2) is 0 Å². The van der Waals surface area contributed by atoms with E-state index in [0.717, 1.165) is 31.8 Å². The number of hydrogen-bond acceptors (Lipinski definition) is 2. The molecule has 0 saturated heterocycles. The van der Waals surface area contributed by atoms with Gasteiger partial charge in [0, 0.05) is 6.42 Å². The molecule has 0 aliphatic carbocycles. The van der Waals surface area contributed by atoms with Crippen LogP contribution in [-0.4, -0.2) is 13.1 Å². The smallest absolute Gasteiger partial charge is 0.0621 e. The highest BCUT2D eigenvalue weighted by Gasteiger charge is 1.96. The molecule has 0 radical (unpaired) electrons. The van der Waals surface area contributed by atoms with E-state index in [0.29, 0.717) is 6.42 Å². The van der Waals surface area contributed by atoms with Gasteiger partial charge in [0.15, 0.2) is 0 Å². The van der Waals surface area contributed by atoms with E-state index in [1.807, 2.05) is 0 Å². The van der Waals surface area contributed by atoms with E-state index >= 15 is 0 Å². The van der Waals surface area contributed by atoms with Crippen molar-refractivity contribution in [2.24, 2.45) is 5.92 Å². The fourth-order valence-electron chi connectivity index (χ4n) is 0.947. The van der Waals surface area contributed by atoms with Crippen LogP contribution in [0.1, 0.15) is 39.5 Å². The van der Waals surface area contributed by atoms with E-state index in [1.165, 1.54) is 6.42 Å². The molecule has 0 aliphatic rings. The highest BCUT2D eigenvalue weighted by atomic mass is 14.8. The van der Waals surface area contributed by atoms with Gasteiger partial charge in [-0.1, -0.05) is 20.3 Å². The lowest BCUT2D eigenvalue weighted by Gasteiger charge is -2.08. The van der Waals surface area contributed by atoms with E-state index in [9.17, 15) is 0 Å². The molecule has 0 fully saturated rings. The third kappa shape index (κ3) is 7.56. The summed E-state index contributed by atoms with van der Waals surface area (Å²) >= 11 is 0. The Bertz CT molecular complexity index is 126. The van der Waals surface area contributed by atoms with Crippen molar-refractivity contribution in [3.63, 3.8) is 0 Å². The van der Waals surface area contributed by atoms with Crippen LogP contribution in [0.4, 0.5) is 0 Å². The third-order valence-electron chi connectivity index (χ3n) is 2.08. The number of rotatable bonds is 7. The molecule has 0 aliphatic heterocycles. The zero-order chi connectivity index (χ0) is 9.23. The van der Waals surface area contributed by atoms with Gasteiger partial charge in [0.1, 0.15) is 0 Å². The number of nitriles is 1. The first kappa shape index (κ1) is 11.4. The second kappa shape index (κ2) is 8.55. The summed E-state index contributed by atoms with van der Waals surface area (Å²) in [5, 5.41) is 11.7. The Kier molecular flexibility index (Phi) is 8.15. The van der Waals surface area contributed by atoms with E-state index < -0.39 is 0 Å². The molecule has 1 unspecified atom stereocenters. The molecule has 0 saturated carbocycles. The van der Waals surface area contributed by atoms with Gasteiger partial charge in [0.25, 0.3) is 0 Å². The first-order valence-corrected chi connectivity index (χ1v) is 4.89. The Labute approximate surface area is 76.0 Å². The van der Waals surface area contributed by atoms with E-state index in [2.05, 4.69) is 25.2 Å². The quantitative estimate of drug-likeness (QED) is 0.592. The minimum absolute atomic E-state index is 0.699. The average molecular weight is 168 g/mol. The third-order valence-corrected chi connectivity index (χ3v) is 2.08. The normalized spacial score (nSPS) is 12.4. The lowest BCUT2D eigenvalue weighted by molar-refractivity contribution is 0.492. The SMILES string of the molecule is CCC(C)CNCCCCC#N. The number of nitrogens with zero attached hydrogens (tertiary/aromatic N) is 1. The van der Waals surface area contributed by atoms with Crippen LogP contribution < -0.4 is 5.32 Å².